The van der Waals surface area contributed by atoms with Gasteiger partial charge < -0.3 is 15.0 Å². The van der Waals surface area contributed by atoms with Gasteiger partial charge in [-0.1, -0.05) is 42.5 Å². The highest BCUT2D eigenvalue weighted by molar-refractivity contribution is 5.94. The van der Waals surface area contributed by atoms with Gasteiger partial charge in [0.25, 0.3) is 5.91 Å². The Kier molecular flexibility index (Phi) is 4.98. The van der Waals surface area contributed by atoms with E-state index in [0.717, 1.165) is 11.1 Å². The number of amides is 2. The Balaban J connectivity index is 1.82. The Hall–Kier alpha value is -2.82. The van der Waals surface area contributed by atoms with Gasteiger partial charge in [-0.25, -0.2) is 4.79 Å². The lowest BCUT2D eigenvalue weighted by molar-refractivity contribution is 0.0194. The number of rotatable bonds is 2. The Morgan fingerprint density at radius 1 is 1.04 bits per heavy atom. The number of hydrogen-bond acceptors (Lipinski definition) is 3. The van der Waals surface area contributed by atoms with E-state index in [0.29, 0.717) is 18.7 Å². The second kappa shape index (κ2) is 7.20. The number of hydrogen-bond donors (Lipinski definition) is 1. The first-order valence-electron chi connectivity index (χ1n) is 8.75. The van der Waals surface area contributed by atoms with Gasteiger partial charge in [-0.2, -0.15) is 0 Å². The molecule has 0 spiro atoms. The van der Waals surface area contributed by atoms with E-state index in [1.54, 1.807) is 17.0 Å². The van der Waals surface area contributed by atoms with Crippen molar-refractivity contribution in [1.29, 1.82) is 0 Å². The Bertz CT molecular complexity index is 796. The molecule has 5 nitrogen and oxygen atoms in total. The molecule has 0 saturated carbocycles. The van der Waals surface area contributed by atoms with Gasteiger partial charge in [0, 0.05) is 18.7 Å². The molecule has 0 saturated heterocycles. The zero-order chi connectivity index (χ0) is 18.7. The molecule has 1 aliphatic rings. The highest BCUT2D eigenvalue weighted by atomic mass is 16.6. The first-order valence-corrected chi connectivity index (χ1v) is 8.75. The zero-order valence-corrected chi connectivity index (χ0v) is 15.4. The predicted octanol–water partition coefficient (Wildman–Crippen LogP) is 3.91. The van der Waals surface area contributed by atoms with Gasteiger partial charge >= 0.3 is 6.09 Å². The van der Waals surface area contributed by atoms with Crippen LogP contribution in [0.5, 0.6) is 0 Å². The van der Waals surface area contributed by atoms with Crippen molar-refractivity contribution in [2.24, 2.45) is 0 Å². The summed E-state index contributed by atoms with van der Waals surface area (Å²) < 4.78 is 5.50. The van der Waals surface area contributed by atoms with Gasteiger partial charge in [0.15, 0.2) is 0 Å². The Morgan fingerprint density at radius 3 is 2.38 bits per heavy atom. The van der Waals surface area contributed by atoms with Crippen LogP contribution in [0.4, 0.5) is 4.79 Å². The number of carbonyl (C=O) groups is 2. The fourth-order valence-electron chi connectivity index (χ4n) is 3.03. The third-order valence-electron chi connectivity index (χ3n) is 4.19. The summed E-state index contributed by atoms with van der Waals surface area (Å²) in [6.07, 6.45) is -0.369. The lowest BCUT2D eigenvalue weighted by Gasteiger charge is -2.36. The molecule has 1 atom stereocenters. The van der Waals surface area contributed by atoms with Crippen LogP contribution in [0.25, 0.3) is 0 Å². The third-order valence-corrected chi connectivity index (χ3v) is 4.19. The molecule has 0 radical (unpaired) electrons. The number of carbonyl (C=O) groups excluding carboxylic acids is 2. The van der Waals surface area contributed by atoms with Crippen LogP contribution in [0.1, 0.15) is 48.3 Å². The first-order chi connectivity index (χ1) is 12.3. The maximum absolute atomic E-state index is 12.6. The fraction of sp³-hybridized carbons (Fsp3) is 0.333. The smallest absolute Gasteiger partial charge is 0.410 e. The summed E-state index contributed by atoms with van der Waals surface area (Å²) in [4.78, 5) is 26.7. The third kappa shape index (κ3) is 4.23. The van der Waals surface area contributed by atoms with Crippen molar-refractivity contribution >= 4 is 12.0 Å². The van der Waals surface area contributed by atoms with Gasteiger partial charge in [0.2, 0.25) is 0 Å². The van der Waals surface area contributed by atoms with Gasteiger partial charge in [-0.05, 0) is 44.0 Å². The average molecular weight is 352 g/mol. The highest BCUT2D eigenvalue weighted by Crippen LogP contribution is 2.28. The van der Waals surface area contributed by atoms with Crippen molar-refractivity contribution in [1.82, 2.24) is 10.2 Å². The van der Waals surface area contributed by atoms with Crippen molar-refractivity contribution in [3.63, 3.8) is 0 Å². The summed E-state index contributed by atoms with van der Waals surface area (Å²) >= 11 is 0. The van der Waals surface area contributed by atoms with Crippen LogP contribution >= 0.6 is 0 Å². The van der Waals surface area contributed by atoms with Gasteiger partial charge in [0.1, 0.15) is 5.60 Å². The van der Waals surface area contributed by atoms with Gasteiger partial charge in [-0.15, -0.1) is 0 Å². The molecule has 2 amide bonds. The molecule has 3 rings (SSSR count). The summed E-state index contributed by atoms with van der Waals surface area (Å²) in [7, 11) is 0. The summed E-state index contributed by atoms with van der Waals surface area (Å²) in [5, 5.41) is 3.05. The van der Waals surface area contributed by atoms with Gasteiger partial charge in [0.05, 0.1) is 6.04 Å². The monoisotopic (exact) mass is 352 g/mol. The number of ether oxygens (including phenoxy) is 1. The molecule has 2 aromatic carbocycles. The fourth-order valence-corrected chi connectivity index (χ4v) is 3.03. The maximum atomic E-state index is 12.6. The normalized spacial score (nSPS) is 16.6. The minimum atomic E-state index is -0.559. The molecular formula is C21H24N2O3. The van der Waals surface area contributed by atoms with Crippen LogP contribution in [0.3, 0.4) is 0 Å². The largest absolute Gasteiger partial charge is 0.444 e. The second-order valence-electron chi connectivity index (χ2n) is 7.45. The first kappa shape index (κ1) is 18.0. The molecule has 0 fully saturated rings. The number of fused-ring (bicyclic) bond motifs is 1. The van der Waals surface area contributed by atoms with E-state index in [1.807, 2.05) is 63.2 Å². The summed E-state index contributed by atoms with van der Waals surface area (Å²) in [5.74, 6) is -0.156. The molecule has 0 unspecified atom stereocenters. The van der Waals surface area contributed by atoms with Crippen LogP contribution in [0, 0.1) is 0 Å². The lowest BCUT2D eigenvalue weighted by Crippen LogP contribution is -2.46. The Morgan fingerprint density at radius 2 is 1.69 bits per heavy atom. The minimum absolute atomic E-state index is 0.156. The van der Waals surface area contributed by atoms with E-state index in [-0.39, 0.29) is 18.0 Å². The van der Waals surface area contributed by atoms with E-state index < -0.39 is 5.60 Å². The molecule has 1 aliphatic heterocycles. The molecule has 1 N–H and O–H groups in total. The highest BCUT2D eigenvalue weighted by Gasteiger charge is 2.31. The molecule has 5 heteroatoms. The van der Waals surface area contributed by atoms with Crippen molar-refractivity contribution in [2.75, 3.05) is 6.54 Å². The van der Waals surface area contributed by atoms with Crippen LogP contribution in [0.2, 0.25) is 0 Å². The van der Waals surface area contributed by atoms with Crippen LogP contribution < -0.4 is 5.32 Å². The van der Waals surface area contributed by atoms with Crippen molar-refractivity contribution < 1.29 is 14.3 Å². The second-order valence-corrected chi connectivity index (χ2v) is 7.45. The van der Waals surface area contributed by atoms with E-state index in [1.165, 1.54) is 0 Å². The van der Waals surface area contributed by atoms with Gasteiger partial charge in [-0.3, -0.25) is 4.79 Å². The van der Waals surface area contributed by atoms with Crippen molar-refractivity contribution in [3.8, 4) is 0 Å². The standard InChI is InChI=1S/C21H24N2O3/c1-21(2,3)26-20(25)23-13-16-11-7-8-12-17(16)18(14-23)22-19(24)15-9-5-4-6-10-15/h4-12,18H,13-14H2,1-3H3,(H,22,24)/t18-/m1/s1. The van der Waals surface area contributed by atoms with E-state index in [9.17, 15) is 9.59 Å². The van der Waals surface area contributed by atoms with E-state index in [4.69, 9.17) is 4.74 Å². The van der Waals surface area contributed by atoms with E-state index >= 15 is 0 Å². The quantitative estimate of drug-likeness (QED) is 0.891. The average Bonchev–Trinajstić information content (AvgIpc) is 2.61. The topological polar surface area (TPSA) is 58.6 Å². The lowest BCUT2D eigenvalue weighted by atomic mass is 9.95. The van der Waals surface area contributed by atoms with Crippen LogP contribution in [-0.4, -0.2) is 29.0 Å². The van der Waals surface area contributed by atoms with Crippen LogP contribution in [-0.2, 0) is 11.3 Å². The molecular weight excluding hydrogens is 328 g/mol. The SMILES string of the molecule is CC(C)(C)OC(=O)N1Cc2ccccc2[C@H](NC(=O)c2ccccc2)C1. The zero-order valence-electron chi connectivity index (χ0n) is 15.4. The number of nitrogens with zero attached hydrogens (tertiary/aromatic N) is 1. The Labute approximate surface area is 154 Å². The minimum Gasteiger partial charge on any atom is -0.444 e. The number of benzene rings is 2. The van der Waals surface area contributed by atoms with Crippen molar-refractivity contribution in [3.05, 3.63) is 71.3 Å². The molecule has 0 bridgehead atoms. The van der Waals surface area contributed by atoms with E-state index in [2.05, 4.69) is 5.32 Å². The molecule has 26 heavy (non-hydrogen) atoms. The summed E-state index contributed by atoms with van der Waals surface area (Å²) in [6.45, 7) is 6.39. The molecule has 0 aliphatic carbocycles. The van der Waals surface area contributed by atoms with Crippen LogP contribution in [0.15, 0.2) is 54.6 Å². The summed E-state index contributed by atoms with van der Waals surface area (Å²) in [6, 6.07) is 16.7. The predicted molar refractivity (Wildman–Crippen MR) is 99.7 cm³/mol. The maximum Gasteiger partial charge on any atom is 0.410 e. The number of nitrogens with one attached hydrogen (secondary N) is 1. The van der Waals surface area contributed by atoms with Crippen molar-refractivity contribution in [2.45, 2.75) is 39.0 Å². The molecule has 136 valence electrons. The summed E-state index contributed by atoms with van der Waals surface area (Å²) in [5.41, 5.74) is 2.09. The molecule has 1 heterocycles. The molecule has 2 aromatic rings. The molecule has 0 aromatic heterocycles.